The van der Waals surface area contributed by atoms with Crippen LogP contribution in [0.2, 0.25) is 5.02 Å². The van der Waals surface area contributed by atoms with Crippen LogP contribution in [-0.2, 0) is 16.0 Å². The Balaban J connectivity index is 2.91. The average molecular weight is 228 g/mol. The highest BCUT2D eigenvalue weighted by Gasteiger charge is 2.09. The lowest BCUT2D eigenvalue weighted by Gasteiger charge is -2.03. The first-order valence-electron chi connectivity index (χ1n) is 4.19. The topological polar surface area (TPSA) is 69.4 Å². The van der Waals surface area contributed by atoms with Crippen molar-refractivity contribution in [2.24, 2.45) is 5.73 Å². The number of esters is 1. The van der Waals surface area contributed by atoms with E-state index in [0.717, 1.165) is 0 Å². The van der Waals surface area contributed by atoms with E-state index in [1.165, 1.54) is 19.2 Å². The van der Waals surface area contributed by atoms with Crippen LogP contribution in [0.1, 0.15) is 15.9 Å². The van der Waals surface area contributed by atoms with Crippen molar-refractivity contribution in [1.82, 2.24) is 0 Å². The third-order valence-corrected chi connectivity index (χ3v) is 2.19. The maximum Gasteiger partial charge on any atom is 0.309 e. The van der Waals surface area contributed by atoms with Crippen LogP contribution in [0.4, 0.5) is 0 Å². The molecule has 1 aromatic carbocycles. The SMILES string of the molecule is COC(=O)Cc1ccc(C(N)=O)c(Cl)c1. The fraction of sp³-hybridized carbons (Fsp3) is 0.200. The number of carbonyl (C=O) groups excluding carboxylic acids is 2. The van der Waals surface area contributed by atoms with Gasteiger partial charge >= 0.3 is 5.97 Å². The molecule has 0 unspecified atom stereocenters. The molecule has 1 aromatic rings. The van der Waals surface area contributed by atoms with Gasteiger partial charge in [0.15, 0.2) is 0 Å². The molecule has 80 valence electrons. The summed E-state index contributed by atoms with van der Waals surface area (Å²) in [5, 5.41) is 0.240. The summed E-state index contributed by atoms with van der Waals surface area (Å²) in [4.78, 5) is 21.8. The largest absolute Gasteiger partial charge is 0.469 e. The molecular weight excluding hydrogens is 218 g/mol. The Morgan fingerprint density at radius 3 is 2.60 bits per heavy atom. The van der Waals surface area contributed by atoms with Gasteiger partial charge in [-0.2, -0.15) is 0 Å². The van der Waals surface area contributed by atoms with Crippen LogP contribution in [0.5, 0.6) is 0 Å². The molecule has 0 bridgehead atoms. The van der Waals surface area contributed by atoms with E-state index in [4.69, 9.17) is 17.3 Å². The van der Waals surface area contributed by atoms with E-state index in [0.29, 0.717) is 5.56 Å². The molecule has 2 N–H and O–H groups in total. The van der Waals surface area contributed by atoms with Crippen molar-refractivity contribution in [1.29, 1.82) is 0 Å². The molecule has 0 heterocycles. The van der Waals surface area contributed by atoms with Crippen molar-refractivity contribution < 1.29 is 14.3 Å². The zero-order valence-corrected chi connectivity index (χ0v) is 8.88. The Hall–Kier alpha value is -1.55. The number of amides is 1. The van der Waals surface area contributed by atoms with Crippen LogP contribution in [0.15, 0.2) is 18.2 Å². The molecule has 0 aliphatic rings. The Bertz CT molecular complexity index is 404. The number of halogens is 1. The standard InChI is InChI=1S/C10H10ClNO3/c1-15-9(13)5-6-2-3-7(10(12)14)8(11)4-6/h2-4H,5H2,1H3,(H2,12,14). The molecule has 0 saturated carbocycles. The number of benzene rings is 1. The van der Waals surface area contributed by atoms with Gasteiger partial charge in [0.25, 0.3) is 0 Å². The lowest BCUT2D eigenvalue weighted by atomic mass is 10.1. The number of hydrogen-bond donors (Lipinski definition) is 1. The third kappa shape index (κ3) is 2.95. The smallest absolute Gasteiger partial charge is 0.309 e. The summed E-state index contributed by atoms with van der Waals surface area (Å²) < 4.78 is 4.50. The van der Waals surface area contributed by atoms with E-state index in [1.54, 1.807) is 6.07 Å². The first-order chi connectivity index (χ1) is 7.04. The minimum absolute atomic E-state index is 0.120. The summed E-state index contributed by atoms with van der Waals surface area (Å²) >= 11 is 5.80. The van der Waals surface area contributed by atoms with Crippen molar-refractivity contribution in [3.63, 3.8) is 0 Å². The number of methoxy groups -OCH3 is 1. The van der Waals surface area contributed by atoms with Crippen LogP contribution >= 0.6 is 11.6 Å². The van der Waals surface area contributed by atoms with E-state index >= 15 is 0 Å². The molecule has 0 saturated heterocycles. The number of ether oxygens (including phenoxy) is 1. The van der Waals surface area contributed by atoms with Gasteiger partial charge in [0.05, 0.1) is 24.1 Å². The molecule has 0 aromatic heterocycles. The van der Waals surface area contributed by atoms with Gasteiger partial charge in [-0.15, -0.1) is 0 Å². The zero-order chi connectivity index (χ0) is 11.4. The molecule has 0 spiro atoms. The molecule has 0 fully saturated rings. The molecule has 4 nitrogen and oxygen atoms in total. The zero-order valence-electron chi connectivity index (χ0n) is 8.12. The predicted molar refractivity (Wildman–Crippen MR) is 55.7 cm³/mol. The van der Waals surface area contributed by atoms with Crippen LogP contribution in [0, 0.1) is 0 Å². The Kier molecular flexibility index (Phi) is 3.68. The average Bonchev–Trinajstić information content (AvgIpc) is 2.17. The van der Waals surface area contributed by atoms with Crippen LogP contribution in [0.3, 0.4) is 0 Å². The van der Waals surface area contributed by atoms with Gasteiger partial charge in [-0.3, -0.25) is 9.59 Å². The van der Waals surface area contributed by atoms with Crippen molar-refractivity contribution in [3.05, 3.63) is 34.3 Å². The first-order valence-corrected chi connectivity index (χ1v) is 4.57. The predicted octanol–water partition coefficient (Wildman–Crippen LogP) is 1.15. The molecule has 5 heteroatoms. The molecule has 15 heavy (non-hydrogen) atoms. The fourth-order valence-corrected chi connectivity index (χ4v) is 1.40. The van der Waals surface area contributed by atoms with Gasteiger partial charge in [-0.05, 0) is 17.7 Å². The van der Waals surface area contributed by atoms with Gasteiger partial charge in [-0.25, -0.2) is 0 Å². The summed E-state index contributed by atoms with van der Waals surface area (Å²) in [6.45, 7) is 0. The number of nitrogens with two attached hydrogens (primary N) is 1. The van der Waals surface area contributed by atoms with Gasteiger partial charge < -0.3 is 10.5 Å². The van der Waals surface area contributed by atoms with Crippen LogP contribution in [-0.4, -0.2) is 19.0 Å². The Labute approximate surface area is 92.0 Å². The number of rotatable bonds is 3. The fourth-order valence-electron chi connectivity index (χ4n) is 1.11. The van der Waals surface area contributed by atoms with Crippen molar-refractivity contribution in [2.45, 2.75) is 6.42 Å². The van der Waals surface area contributed by atoms with E-state index in [2.05, 4.69) is 4.74 Å². The summed E-state index contributed by atoms with van der Waals surface area (Å²) in [6, 6.07) is 4.63. The van der Waals surface area contributed by atoms with E-state index in [-0.39, 0.29) is 23.0 Å². The summed E-state index contributed by atoms with van der Waals surface area (Å²) in [5.74, 6) is -0.956. The van der Waals surface area contributed by atoms with Gasteiger partial charge in [0, 0.05) is 0 Å². The number of carbonyl (C=O) groups is 2. The maximum atomic E-state index is 11.0. The Morgan fingerprint density at radius 2 is 2.13 bits per heavy atom. The van der Waals surface area contributed by atoms with Gasteiger partial charge in [0.2, 0.25) is 5.91 Å². The third-order valence-electron chi connectivity index (χ3n) is 1.88. The molecule has 0 aliphatic heterocycles. The second kappa shape index (κ2) is 4.79. The number of hydrogen-bond acceptors (Lipinski definition) is 3. The van der Waals surface area contributed by atoms with E-state index in [9.17, 15) is 9.59 Å². The Morgan fingerprint density at radius 1 is 1.47 bits per heavy atom. The molecule has 0 radical (unpaired) electrons. The van der Waals surface area contributed by atoms with Crippen molar-refractivity contribution >= 4 is 23.5 Å². The van der Waals surface area contributed by atoms with Crippen LogP contribution < -0.4 is 5.73 Å². The first kappa shape index (κ1) is 11.5. The quantitative estimate of drug-likeness (QED) is 0.788. The van der Waals surface area contributed by atoms with Crippen molar-refractivity contribution in [3.8, 4) is 0 Å². The molecule has 1 rings (SSSR count). The maximum absolute atomic E-state index is 11.0. The monoisotopic (exact) mass is 227 g/mol. The molecule has 1 amide bonds. The molecule has 0 atom stereocenters. The summed E-state index contributed by atoms with van der Waals surface area (Å²) in [5.41, 5.74) is 6.00. The number of primary amides is 1. The van der Waals surface area contributed by atoms with E-state index in [1.807, 2.05) is 0 Å². The van der Waals surface area contributed by atoms with Gasteiger partial charge in [-0.1, -0.05) is 17.7 Å². The highest BCUT2D eigenvalue weighted by Crippen LogP contribution is 2.17. The van der Waals surface area contributed by atoms with Gasteiger partial charge in [0.1, 0.15) is 0 Å². The lowest BCUT2D eigenvalue weighted by Crippen LogP contribution is -2.12. The lowest BCUT2D eigenvalue weighted by molar-refractivity contribution is -0.139. The highest BCUT2D eigenvalue weighted by molar-refractivity contribution is 6.33. The minimum Gasteiger partial charge on any atom is -0.469 e. The molecular formula is C10H10ClNO3. The summed E-state index contributed by atoms with van der Waals surface area (Å²) in [6.07, 6.45) is 0.120. The van der Waals surface area contributed by atoms with Crippen LogP contribution in [0.25, 0.3) is 0 Å². The molecule has 0 aliphatic carbocycles. The van der Waals surface area contributed by atoms with Crippen molar-refractivity contribution in [2.75, 3.05) is 7.11 Å². The normalized spacial score (nSPS) is 9.73. The van der Waals surface area contributed by atoms with E-state index < -0.39 is 5.91 Å². The minimum atomic E-state index is -0.593. The summed E-state index contributed by atoms with van der Waals surface area (Å²) in [7, 11) is 1.31. The second-order valence-electron chi connectivity index (χ2n) is 2.93. The second-order valence-corrected chi connectivity index (χ2v) is 3.34. The highest BCUT2D eigenvalue weighted by atomic mass is 35.5.